The van der Waals surface area contributed by atoms with Crippen molar-refractivity contribution >= 4 is 5.91 Å². The van der Waals surface area contributed by atoms with E-state index in [9.17, 15) is 4.79 Å². The van der Waals surface area contributed by atoms with E-state index in [-0.39, 0.29) is 7.33 Å². The van der Waals surface area contributed by atoms with Crippen LogP contribution in [0.15, 0.2) is 0 Å². The fraction of sp³-hybridized carbons (Fsp3) is 0.944. The Bertz CT molecular complexity index is 286. The number of hydrogen-bond donors (Lipinski definition) is 1. The molecule has 1 saturated heterocycles. The third-order valence-electron chi connectivity index (χ3n) is 4.73. The average molecular weight is 299 g/mol. The first-order valence-electron chi connectivity index (χ1n) is 9.10. The van der Waals surface area contributed by atoms with Crippen LogP contribution in [0.2, 0.25) is 0 Å². The lowest BCUT2D eigenvalue weighted by molar-refractivity contribution is -0.122. The second kappa shape index (κ2) is 11.1. The molecular weight excluding hydrogens is 260 g/mol. The summed E-state index contributed by atoms with van der Waals surface area (Å²) in [6, 6.07) is 0. The fourth-order valence-corrected chi connectivity index (χ4v) is 3.31. The van der Waals surface area contributed by atoms with E-state index in [1.165, 1.54) is 57.9 Å². The number of hydrogen-bond acceptors (Lipinski definition) is 2. The summed E-state index contributed by atoms with van der Waals surface area (Å²) in [6.07, 6.45) is 10.8. The Morgan fingerprint density at radius 1 is 1.24 bits per heavy atom. The molecule has 1 aliphatic rings. The van der Waals surface area contributed by atoms with Gasteiger partial charge in [-0.15, -0.1) is 0 Å². The van der Waals surface area contributed by atoms with Gasteiger partial charge in [-0.25, -0.2) is 0 Å². The minimum absolute atomic E-state index is 0. The summed E-state index contributed by atoms with van der Waals surface area (Å²) in [6.45, 7) is 7.66. The second-order valence-electron chi connectivity index (χ2n) is 6.93. The summed E-state index contributed by atoms with van der Waals surface area (Å²) in [7, 11) is 2.16. The van der Waals surface area contributed by atoms with Gasteiger partial charge < -0.3 is 10.2 Å². The Kier molecular flexibility index (Phi) is 9.73. The Labute approximate surface area is 133 Å². The first kappa shape index (κ1) is 18.5. The van der Waals surface area contributed by atoms with Crippen LogP contribution >= 0.6 is 0 Å². The highest BCUT2D eigenvalue weighted by atomic mass is 16.1. The van der Waals surface area contributed by atoms with E-state index in [0.717, 1.165) is 19.5 Å². The van der Waals surface area contributed by atoms with Crippen LogP contribution in [0.25, 0.3) is 0 Å². The van der Waals surface area contributed by atoms with Crippen molar-refractivity contribution in [2.45, 2.75) is 71.6 Å². The van der Waals surface area contributed by atoms with Crippen LogP contribution in [0, 0.1) is 11.8 Å². The van der Waals surface area contributed by atoms with Crippen molar-refractivity contribution < 1.29 is 6.22 Å². The van der Waals surface area contributed by atoms with Gasteiger partial charge in [0.2, 0.25) is 5.91 Å². The van der Waals surface area contributed by atoms with Gasteiger partial charge in [-0.05, 0) is 44.7 Å². The molecule has 0 aromatic rings. The molecule has 3 nitrogen and oxygen atoms in total. The minimum atomic E-state index is 0. The summed E-state index contributed by atoms with van der Waals surface area (Å²) < 4.78 is 0. The maximum atomic E-state index is 12.2. The lowest BCUT2D eigenvalue weighted by Gasteiger charge is -2.17. The van der Waals surface area contributed by atoms with Gasteiger partial charge >= 0.3 is 0 Å². The molecule has 126 valence electrons. The van der Waals surface area contributed by atoms with Crippen molar-refractivity contribution in [3.05, 3.63) is 0 Å². The van der Waals surface area contributed by atoms with Gasteiger partial charge in [0.15, 0.2) is 0 Å². The number of likely N-dealkylation sites (tertiary alicyclic amines) is 1. The smallest absolute Gasteiger partial charge is 0.220 e. The predicted octanol–water partition coefficient (Wildman–Crippen LogP) is 4.08. The fourth-order valence-electron chi connectivity index (χ4n) is 3.31. The van der Waals surface area contributed by atoms with Gasteiger partial charge in [0.1, 0.15) is 0 Å². The highest BCUT2D eigenvalue weighted by Gasteiger charge is 2.20. The molecule has 21 heavy (non-hydrogen) atoms. The highest BCUT2D eigenvalue weighted by Crippen LogP contribution is 2.20. The topological polar surface area (TPSA) is 32.3 Å². The van der Waals surface area contributed by atoms with E-state index in [2.05, 4.69) is 31.1 Å². The molecule has 3 heteroatoms. The van der Waals surface area contributed by atoms with Crippen LogP contribution in [0.3, 0.4) is 0 Å². The third-order valence-corrected chi connectivity index (χ3v) is 4.73. The van der Waals surface area contributed by atoms with Crippen LogP contribution in [0.5, 0.6) is 0 Å². The van der Waals surface area contributed by atoms with Gasteiger partial charge in [0, 0.05) is 20.9 Å². The SMILES string of the molecule is CCCCCC(CCCC)CC(=O)NCC1CCN(C)C1.[HH]. The van der Waals surface area contributed by atoms with Gasteiger partial charge in [0.25, 0.3) is 0 Å². The maximum absolute atomic E-state index is 12.2. The molecule has 1 rings (SSSR count). The third kappa shape index (κ3) is 8.45. The number of amides is 1. The number of nitrogens with zero attached hydrogens (tertiary/aromatic N) is 1. The first-order chi connectivity index (χ1) is 10.2. The van der Waals surface area contributed by atoms with Gasteiger partial charge in [-0.2, -0.15) is 0 Å². The summed E-state index contributed by atoms with van der Waals surface area (Å²) in [5.41, 5.74) is 0. The van der Waals surface area contributed by atoms with Crippen LogP contribution in [-0.4, -0.2) is 37.5 Å². The highest BCUT2D eigenvalue weighted by molar-refractivity contribution is 5.76. The Morgan fingerprint density at radius 2 is 1.95 bits per heavy atom. The summed E-state index contributed by atoms with van der Waals surface area (Å²) in [5, 5.41) is 3.18. The molecule has 0 aromatic carbocycles. The standard InChI is InChI=1S/C18H36N2O.H2/c1-4-6-8-10-16(9-7-5-2)13-18(21)19-14-17-11-12-20(3)15-17;/h16-17H,4-15H2,1-3H3,(H,19,21);1H. The summed E-state index contributed by atoms with van der Waals surface area (Å²) in [4.78, 5) is 14.5. The Balaban J connectivity index is 0.00000441. The summed E-state index contributed by atoms with van der Waals surface area (Å²) >= 11 is 0. The van der Waals surface area contributed by atoms with Crippen molar-refractivity contribution in [1.29, 1.82) is 0 Å². The summed E-state index contributed by atoms with van der Waals surface area (Å²) in [5.74, 6) is 1.54. The zero-order valence-electron chi connectivity index (χ0n) is 14.5. The largest absolute Gasteiger partial charge is 0.356 e. The molecule has 2 atom stereocenters. The molecule has 0 radical (unpaired) electrons. The van der Waals surface area contributed by atoms with Gasteiger partial charge in [-0.1, -0.05) is 46.0 Å². The maximum Gasteiger partial charge on any atom is 0.220 e. The van der Waals surface area contributed by atoms with Crippen molar-refractivity contribution in [3.8, 4) is 0 Å². The van der Waals surface area contributed by atoms with Crippen LogP contribution < -0.4 is 5.32 Å². The molecule has 0 bridgehead atoms. The van der Waals surface area contributed by atoms with E-state index in [1.54, 1.807) is 0 Å². The normalized spacial score (nSPS) is 20.6. The van der Waals surface area contributed by atoms with Crippen LogP contribution in [0.1, 0.15) is 73.1 Å². The van der Waals surface area contributed by atoms with Crippen LogP contribution in [-0.2, 0) is 4.79 Å². The second-order valence-corrected chi connectivity index (χ2v) is 6.93. The van der Waals surface area contributed by atoms with E-state index >= 15 is 0 Å². The van der Waals surface area contributed by atoms with Crippen molar-refractivity contribution in [3.63, 3.8) is 0 Å². The number of unbranched alkanes of at least 4 members (excludes halogenated alkanes) is 3. The van der Waals surface area contributed by atoms with Crippen molar-refractivity contribution in [1.82, 2.24) is 10.2 Å². The molecule has 1 fully saturated rings. The van der Waals surface area contributed by atoms with E-state index in [0.29, 0.717) is 11.8 Å². The molecule has 0 saturated carbocycles. The lowest BCUT2D eigenvalue weighted by atomic mass is 9.92. The quantitative estimate of drug-likeness (QED) is 0.583. The minimum Gasteiger partial charge on any atom is -0.356 e. The van der Waals surface area contributed by atoms with Gasteiger partial charge in [0.05, 0.1) is 0 Å². The average Bonchev–Trinajstić information content (AvgIpc) is 2.88. The number of nitrogens with one attached hydrogen (secondary N) is 1. The zero-order valence-corrected chi connectivity index (χ0v) is 14.5. The molecule has 1 heterocycles. The number of rotatable bonds is 11. The van der Waals surface area contributed by atoms with Crippen LogP contribution in [0.4, 0.5) is 0 Å². The zero-order chi connectivity index (χ0) is 15.5. The molecule has 0 aliphatic carbocycles. The molecule has 1 N–H and O–H groups in total. The number of carbonyl (C=O) groups is 1. The van der Waals surface area contributed by atoms with Crippen molar-refractivity contribution in [2.24, 2.45) is 11.8 Å². The first-order valence-corrected chi connectivity index (χ1v) is 9.10. The van der Waals surface area contributed by atoms with E-state index < -0.39 is 0 Å². The molecule has 2 unspecified atom stereocenters. The van der Waals surface area contributed by atoms with Crippen molar-refractivity contribution in [2.75, 3.05) is 26.7 Å². The molecule has 0 spiro atoms. The monoisotopic (exact) mass is 298 g/mol. The molecule has 1 amide bonds. The lowest BCUT2D eigenvalue weighted by Crippen LogP contribution is -2.31. The molecule has 1 aliphatic heterocycles. The Hall–Kier alpha value is -0.570. The molecule has 0 aromatic heterocycles. The Morgan fingerprint density at radius 3 is 2.57 bits per heavy atom. The van der Waals surface area contributed by atoms with Gasteiger partial charge in [-0.3, -0.25) is 4.79 Å². The molecular formula is C18H38N2O. The van der Waals surface area contributed by atoms with E-state index in [1.807, 2.05) is 0 Å². The number of carbonyl (C=O) groups excluding carboxylic acids is 1. The predicted molar refractivity (Wildman–Crippen MR) is 92.5 cm³/mol. The van der Waals surface area contributed by atoms with E-state index in [4.69, 9.17) is 0 Å².